The van der Waals surface area contributed by atoms with Gasteiger partial charge in [0.15, 0.2) is 0 Å². The number of fused-ring (bicyclic) bond motifs is 2. The zero-order valence-electron chi connectivity index (χ0n) is 14.7. The predicted molar refractivity (Wildman–Crippen MR) is 102 cm³/mol. The van der Waals surface area contributed by atoms with Crippen LogP contribution in [0.4, 0.5) is 11.4 Å². The van der Waals surface area contributed by atoms with Gasteiger partial charge in [0.1, 0.15) is 0 Å². The fraction of sp³-hybridized carbons (Fsp3) is 0.619. The smallest absolute Gasteiger partial charge is 0.0583 e. The molecule has 4 N–H and O–H groups in total. The summed E-state index contributed by atoms with van der Waals surface area (Å²) in [6.45, 7) is 0. The first-order valence-electron chi connectivity index (χ1n) is 9.82. The summed E-state index contributed by atoms with van der Waals surface area (Å²) in [5.74, 6) is 0.583. The van der Waals surface area contributed by atoms with Crippen molar-refractivity contribution >= 4 is 11.4 Å². The van der Waals surface area contributed by atoms with Crippen molar-refractivity contribution in [1.82, 2.24) is 4.90 Å². The van der Waals surface area contributed by atoms with Gasteiger partial charge in [0.2, 0.25) is 0 Å². The SMILES string of the molecule is Nc1cccc(C2C[C@H]3CC[C@@H](C2)N3C2/C=C\CCCCC2)c1N. The number of rotatable bonds is 2. The van der Waals surface area contributed by atoms with Crippen LogP contribution in [0.2, 0.25) is 0 Å². The molecule has 1 aromatic rings. The number of nitrogens with two attached hydrogens (primary N) is 2. The van der Waals surface area contributed by atoms with Crippen LogP contribution in [-0.4, -0.2) is 23.0 Å². The molecular weight excluding hydrogens is 294 g/mol. The molecule has 3 aliphatic rings. The Morgan fingerprint density at radius 1 is 0.917 bits per heavy atom. The van der Waals surface area contributed by atoms with E-state index in [1.807, 2.05) is 6.07 Å². The summed E-state index contributed by atoms with van der Waals surface area (Å²) in [6.07, 6.45) is 16.9. The van der Waals surface area contributed by atoms with Gasteiger partial charge in [-0.25, -0.2) is 0 Å². The topological polar surface area (TPSA) is 55.3 Å². The van der Waals surface area contributed by atoms with Gasteiger partial charge >= 0.3 is 0 Å². The second-order valence-corrected chi connectivity index (χ2v) is 7.98. The van der Waals surface area contributed by atoms with Gasteiger partial charge in [-0.2, -0.15) is 0 Å². The monoisotopic (exact) mass is 325 g/mol. The van der Waals surface area contributed by atoms with Gasteiger partial charge in [0.25, 0.3) is 0 Å². The van der Waals surface area contributed by atoms with Crippen molar-refractivity contribution < 1.29 is 0 Å². The number of hydrogen-bond donors (Lipinski definition) is 2. The van der Waals surface area contributed by atoms with Crippen molar-refractivity contribution in [2.24, 2.45) is 0 Å². The minimum absolute atomic E-state index is 0.583. The van der Waals surface area contributed by atoms with Gasteiger partial charge in [0, 0.05) is 18.1 Å². The molecular formula is C21H31N3. The molecule has 2 saturated heterocycles. The number of benzene rings is 1. The molecule has 2 fully saturated rings. The van der Waals surface area contributed by atoms with Gasteiger partial charge in [-0.1, -0.05) is 37.1 Å². The average Bonchev–Trinajstić information content (AvgIpc) is 2.80. The Morgan fingerprint density at radius 3 is 2.50 bits per heavy atom. The summed E-state index contributed by atoms with van der Waals surface area (Å²) in [5, 5.41) is 0. The molecule has 2 aliphatic heterocycles. The summed E-state index contributed by atoms with van der Waals surface area (Å²) in [7, 11) is 0. The average molecular weight is 326 g/mol. The van der Waals surface area contributed by atoms with Crippen LogP contribution in [0.25, 0.3) is 0 Å². The largest absolute Gasteiger partial charge is 0.397 e. The van der Waals surface area contributed by atoms with E-state index in [0.717, 1.165) is 23.5 Å². The van der Waals surface area contributed by atoms with Crippen LogP contribution >= 0.6 is 0 Å². The fourth-order valence-corrected chi connectivity index (χ4v) is 5.36. The van der Waals surface area contributed by atoms with Crippen LogP contribution in [0.1, 0.15) is 69.3 Å². The second-order valence-electron chi connectivity index (χ2n) is 7.98. The molecule has 0 amide bonds. The van der Waals surface area contributed by atoms with Crippen molar-refractivity contribution in [2.75, 3.05) is 11.5 Å². The molecule has 4 atom stereocenters. The molecule has 24 heavy (non-hydrogen) atoms. The van der Waals surface area contributed by atoms with Crippen molar-refractivity contribution in [1.29, 1.82) is 0 Å². The van der Waals surface area contributed by atoms with E-state index in [1.165, 1.54) is 63.4 Å². The molecule has 2 unspecified atom stereocenters. The summed E-state index contributed by atoms with van der Waals surface area (Å²) in [5.41, 5.74) is 15.2. The van der Waals surface area contributed by atoms with Gasteiger partial charge in [0.05, 0.1) is 11.4 Å². The lowest BCUT2D eigenvalue weighted by atomic mass is 9.82. The third-order valence-corrected chi connectivity index (χ3v) is 6.51. The van der Waals surface area contributed by atoms with Gasteiger partial charge < -0.3 is 11.5 Å². The Labute approximate surface area is 146 Å². The maximum Gasteiger partial charge on any atom is 0.0583 e. The zero-order valence-corrected chi connectivity index (χ0v) is 14.7. The molecule has 4 rings (SSSR count). The van der Waals surface area contributed by atoms with E-state index in [1.54, 1.807) is 0 Å². The number of hydrogen-bond acceptors (Lipinski definition) is 3. The maximum atomic E-state index is 6.29. The lowest BCUT2D eigenvalue weighted by Crippen LogP contribution is -2.47. The molecule has 0 saturated carbocycles. The van der Waals surface area contributed by atoms with E-state index in [0.29, 0.717) is 12.0 Å². The van der Waals surface area contributed by atoms with Gasteiger partial charge in [-0.3, -0.25) is 4.90 Å². The molecule has 2 bridgehead atoms. The molecule has 0 aromatic heterocycles. The highest BCUT2D eigenvalue weighted by Crippen LogP contribution is 2.46. The Bertz CT molecular complexity index is 595. The Balaban J connectivity index is 1.53. The summed E-state index contributed by atoms with van der Waals surface area (Å²) >= 11 is 0. The first-order chi connectivity index (χ1) is 11.7. The van der Waals surface area contributed by atoms with Crippen molar-refractivity contribution in [3.8, 4) is 0 Å². The Morgan fingerprint density at radius 2 is 1.71 bits per heavy atom. The maximum absolute atomic E-state index is 6.29. The quantitative estimate of drug-likeness (QED) is 0.624. The number of nitrogens with zero attached hydrogens (tertiary/aromatic N) is 1. The van der Waals surface area contributed by atoms with E-state index < -0.39 is 0 Å². The zero-order chi connectivity index (χ0) is 16.5. The first kappa shape index (κ1) is 16.0. The third kappa shape index (κ3) is 2.95. The normalized spacial score (nSPS) is 35.3. The van der Waals surface area contributed by atoms with E-state index in [2.05, 4.69) is 29.2 Å². The van der Waals surface area contributed by atoms with Crippen molar-refractivity contribution in [3.63, 3.8) is 0 Å². The van der Waals surface area contributed by atoms with E-state index in [4.69, 9.17) is 11.5 Å². The van der Waals surface area contributed by atoms with Crippen molar-refractivity contribution in [3.05, 3.63) is 35.9 Å². The van der Waals surface area contributed by atoms with E-state index in [-0.39, 0.29) is 0 Å². The van der Waals surface area contributed by atoms with Crippen LogP contribution < -0.4 is 11.5 Å². The molecule has 1 aromatic carbocycles. The second kappa shape index (κ2) is 6.79. The fourth-order valence-electron chi connectivity index (χ4n) is 5.36. The van der Waals surface area contributed by atoms with Gasteiger partial charge in [-0.15, -0.1) is 0 Å². The van der Waals surface area contributed by atoms with Crippen LogP contribution in [0.15, 0.2) is 30.4 Å². The summed E-state index contributed by atoms with van der Waals surface area (Å²) in [4.78, 5) is 2.86. The standard InChI is InChI=1S/C21H31N3/c22-20-10-6-9-19(21(20)23)15-13-17-11-12-18(14-15)24(17)16-7-4-2-1-3-5-8-16/h4,6-7,9-10,15-18H,1-3,5,8,11-14,22-23H2/b7-4-/t15?,16?,17-,18+. The highest BCUT2D eigenvalue weighted by atomic mass is 15.2. The number of nitrogen functional groups attached to an aromatic ring is 2. The summed E-state index contributed by atoms with van der Waals surface area (Å²) < 4.78 is 0. The van der Waals surface area contributed by atoms with E-state index >= 15 is 0 Å². The number of allylic oxidation sites excluding steroid dienone is 1. The van der Waals surface area contributed by atoms with Gasteiger partial charge in [-0.05, 0) is 62.5 Å². The lowest BCUT2D eigenvalue weighted by Gasteiger charge is -2.43. The van der Waals surface area contributed by atoms with Crippen LogP contribution in [0, 0.1) is 0 Å². The highest BCUT2D eigenvalue weighted by Gasteiger charge is 2.43. The molecule has 130 valence electrons. The number of para-hydroxylation sites is 1. The van der Waals surface area contributed by atoms with Crippen LogP contribution in [0.5, 0.6) is 0 Å². The Hall–Kier alpha value is -1.48. The molecule has 0 spiro atoms. The number of anilines is 2. The summed E-state index contributed by atoms with van der Waals surface area (Å²) in [6, 6.07) is 8.30. The Kier molecular flexibility index (Phi) is 4.53. The lowest BCUT2D eigenvalue weighted by molar-refractivity contribution is 0.0910. The number of piperidine rings is 1. The minimum Gasteiger partial charge on any atom is -0.397 e. The first-order valence-corrected chi connectivity index (χ1v) is 9.82. The predicted octanol–water partition coefficient (Wildman–Crippen LogP) is 4.45. The molecule has 3 nitrogen and oxygen atoms in total. The highest BCUT2D eigenvalue weighted by molar-refractivity contribution is 5.68. The van der Waals surface area contributed by atoms with E-state index in [9.17, 15) is 0 Å². The minimum atomic E-state index is 0.583. The molecule has 0 radical (unpaired) electrons. The molecule has 3 heteroatoms. The molecule has 1 aliphatic carbocycles. The molecule has 2 heterocycles. The van der Waals surface area contributed by atoms with Crippen LogP contribution in [-0.2, 0) is 0 Å². The van der Waals surface area contributed by atoms with Crippen LogP contribution in [0.3, 0.4) is 0 Å². The van der Waals surface area contributed by atoms with Crippen molar-refractivity contribution in [2.45, 2.75) is 81.8 Å². The third-order valence-electron chi connectivity index (χ3n) is 6.51.